The van der Waals surface area contributed by atoms with E-state index in [4.69, 9.17) is 27.9 Å². The Morgan fingerprint density at radius 1 is 1.07 bits per heavy atom. The van der Waals surface area contributed by atoms with Crippen molar-refractivity contribution in [1.82, 2.24) is 4.98 Å². The molecule has 3 rings (SSSR count). The predicted molar refractivity (Wildman–Crippen MR) is 111 cm³/mol. The average Bonchev–Trinajstić information content (AvgIpc) is 2.69. The molecule has 1 heterocycles. The van der Waals surface area contributed by atoms with Crippen LogP contribution in [0.4, 0.5) is 5.69 Å². The second-order valence-electron chi connectivity index (χ2n) is 5.74. The summed E-state index contributed by atoms with van der Waals surface area (Å²) in [7, 11) is 0. The summed E-state index contributed by atoms with van der Waals surface area (Å²) in [4.78, 5) is 38.2. The topological polar surface area (TPSA) is 120 Å². The van der Waals surface area contributed by atoms with Gasteiger partial charge in [0.2, 0.25) is 0 Å². The summed E-state index contributed by atoms with van der Waals surface area (Å²) in [5.74, 6) is -1.00. The summed E-state index contributed by atoms with van der Waals surface area (Å²) in [5, 5.41) is 20.8. The van der Waals surface area contributed by atoms with Crippen molar-refractivity contribution in [1.29, 1.82) is 0 Å². The van der Waals surface area contributed by atoms with Gasteiger partial charge in [0.1, 0.15) is 0 Å². The van der Waals surface area contributed by atoms with Crippen LogP contribution in [0.15, 0.2) is 54.7 Å². The van der Waals surface area contributed by atoms with Gasteiger partial charge in [0, 0.05) is 0 Å². The number of nitrogens with zero attached hydrogens (tertiary/aromatic N) is 2. The van der Waals surface area contributed by atoms with Crippen LogP contribution in [0.1, 0.15) is 20.7 Å². The second-order valence-corrected chi connectivity index (χ2v) is 8.91. The van der Waals surface area contributed by atoms with Gasteiger partial charge < -0.3 is 0 Å². The molecule has 0 aliphatic rings. The van der Waals surface area contributed by atoms with Gasteiger partial charge in [-0.2, -0.15) is 0 Å². The Hall–Kier alpha value is -2.93. The number of carbonyl (C=O) groups excluding carboxylic acids is 1. The van der Waals surface area contributed by atoms with E-state index in [9.17, 15) is 24.8 Å². The molecule has 11 heteroatoms. The summed E-state index contributed by atoms with van der Waals surface area (Å²) < 4.78 is 5.56. The standard InChI is InChI=1S/C19H10AsCl2N2O6/c21-10-1-4-13(16(22)7-10)18(25)20-15-5-3-12(8-14(15)19(26)27)30-17-6-2-11(9-23-17)24(28)29/h1-9H,(H,26,27). The number of nitro groups is 1. The molecule has 0 amide bonds. The first kappa shape index (κ1) is 21.8. The van der Waals surface area contributed by atoms with Crippen molar-refractivity contribution in [3.05, 3.63) is 86.0 Å². The maximum atomic E-state index is 12.6. The molecule has 0 bridgehead atoms. The number of carboxylic acids is 1. The molecule has 0 atom stereocenters. The van der Waals surface area contributed by atoms with Gasteiger partial charge >= 0.3 is 187 Å². The fraction of sp³-hybridized carbons (Fsp3) is 0. The molecule has 0 fully saturated rings. The van der Waals surface area contributed by atoms with Gasteiger partial charge in [-0.1, -0.05) is 0 Å². The van der Waals surface area contributed by atoms with Gasteiger partial charge in [0.05, 0.1) is 0 Å². The number of carbonyl (C=O) groups is 2. The molecule has 0 unspecified atom stereocenters. The molecule has 0 aliphatic heterocycles. The zero-order valence-electron chi connectivity index (χ0n) is 14.8. The molecule has 1 aromatic heterocycles. The van der Waals surface area contributed by atoms with Crippen molar-refractivity contribution in [2.24, 2.45) is 0 Å². The Bertz CT molecular complexity index is 1150. The van der Waals surface area contributed by atoms with E-state index < -0.39 is 26.6 Å². The molecule has 1 radical (unpaired) electrons. The van der Waals surface area contributed by atoms with Crippen LogP contribution in [0.2, 0.25) is 10.0 Å². The third-order valence-corrected chi connectivity index (χ3v) is 6.54. The molecule has 30 heavy (non-hydrogen) atoms. The van der Waals surface area contributed by atoms with Gasteiger partial charge in [-0.15, -0.1) is 0 Å². The van der Waals surface area contributed by atoms with Crippen molar-refractivity contribution >= 4 is 59.5 Å². The first-order valence-electron chi connectivity index (χ1n) is 8.11. The van der Waals surface area contributed by atoms with E-state index in [2.05, 4.69) is 4.98 Å². The average molecular weight is 508 g/mol. The van der Waals surface area contributed by atoms with Crippen molar-refractivity contribution in [2.75, 3.05) is 0 Å². The summed E-state index contributed by atoms with van der Waals surface area (Å²) in [5.41, 5.74) is -0.0204. The Morgan fingerprint density at radius 2 is 1.83 bits per heavy atom. The number of hydrogen-bond acceptors (Lipinski definition) is 6. The third kappa shape index (κ3) is 5.16. The first-order chi connectivity index (χ1) is 14.2. The second kappa shape index (κ2) is 9.26. The molecule has 151 valence electrons. The van der Waals surface area contributed by atoms with E-state index in [1.165, 1.54) is 48.5 Å². The van der Waals surface area contributed by atoms with E-state index in [1.807, 2.05) is 0 Å². The first-order valence-corrected chi connectivity index (χ1v) is 10.7. The van der Waals surface area contributed by atoms with Gasteiger partial charge in [-0.25, -0.2) is 0 Å². The molecular formula is C19H10AsCl2N2O6. The zero-order chi connectivity index (χ0) is 21.8. The van der Waals surface area contributed by atoms with Crippen LogP contribution >= 0.6 is 23.2 Å². The SMILES string of the molecule is O=C([As]c1ccc(Oc2ccc([N+](=O)[O-])cn2)cc1C(=O)O)c1ccc(Cl)cc1Cl. The fourth-order valence-corrected chi connectivity index (χ4v) is 5.00. The number of hydrogen-bond donors (Lipinski definition) is 1. The molecule has 3 aromatic rings. The van der Waals surface area contributed by atoms with Gasteiger partial charge in [-0.05, 0) is 0 Å². The van der Waals surface area contributed by atoms with Crippen molar-refractivity contribution in [3.8, 4) is 11.6 Å². The monoisotopic (exact) mass is 507 g/mol. The van der Waals surface area contributed by atoms with Crippen LogP contribution in [-0.2, 0) is 0 Å². The van der Waals surface area contributed by atoms with Crippen LogP contribution in [0.3, 0.4) is 0 Å². The van der Waals surface area contributed by atoms with E-state index in [1.54, 1.807) is 0 Å². The number of ether oxygens (including phenoxy) is 1. The van der Waals surface area contributed by atoms with E-state index >= 15 is 0 Å². The fourth-order valence-electron chi connectivity index (χ4n) is 2.34. The summed E-state index contributed by atoms with van der Waals surface area (Å²) in [6, 6.07) is 11.3. The van der Waals surface area contributed by atoms with Crippen molar-refractivity contribution < 1.29 is 24.4 Å². The molecule has 2 aromatic carbocycles. The Balaban J connectivity index is 1.83. The molecule has 0 saturated carbocycles. The molecule has 0 spiro atoms. The summed E-state index contributed by atoms with van der Waals surface area (Å²) in [6.45, 7) is 0. The Morgan fingerprint density at radius 3 is 2.43 bits per heavy atom. The number of aromatic carboxylic acids is 1. The quantitative estimate of drug-likeness (QED) is 0.292. The Labute approximate surface area is 186 Å². The molecule has 1 N–H and O–H groups in total. The van der Waals surface area contributed by atoms with Gasteiger partial charge in [0.15, 0.2) is 0 Å². The number of benzene rings is 2. The maximum absolute atomic E-state index is 12.6. The number of carboxylic acid groups (broad SMARTS) is 1. The van der Waals surface area contributed by atoms with Crippen LogP contribution in [0.25, 0.3) is 0 Å². The third-order valence-electron chi connectivity index (χ3n) is 3.74. The van der Waals surface area contributed by atoms with Crippen molar-refractivity contribution in [3.63, 3.8) is 0 Å². The number of halogens is 2. The Kier molecular flexibility index (Phi) is 6.72. The van der Waals surface area contributed by atoms with Gasteiger partial charge in [-0.3, -0.25) is 0 Å². The molecular weight excluding hydrogens is 498 g/mol. The van der Waals surface area contributed by atoms with Crippen LogP contribution in [-0.4, -0.2) is 41.3 Å². The minimum atomic E-state index is -1.22. The number of rotatable bonds is 7. The van der Waals surface area contributed by atoms with Crippen LogP contribution < -0.4 is 9.09 Å². The van der Waals surface area contributed by atoms with E-state index in [0.29, 0.717) is 9.37 Å². The van der Waals surface area contributed by atoms with E-state index in [0.717, 1.165) is 6.20 Å². The van der Waals surface area contributed by atoms with Crippen LogP contribution in [0, 0.1) is 10.1 Å². The van der Waals surface area contributed by atoms with Gasteiger partial charge in [0.25, 0.3) is 0 Å². The zero-order valence-corrected chi connectivity index (χ0v) is 18.2. The van der Waals surface area contributed by atoms with Crippen LogP contribution in [0.5, 0.6) is 11.6 Å². The molecule has 0 saturated heterocycles. The minimum absolute atomic E-state index is 0.0574. The number of aromatic nitrogens is 1. The van der Waals surface area contributed by atoms with Crippen molar-refractivity contribution in [2.45, 2.75) is 0 Å². The van der Waals surface area contributed by atoms with E-state index in [-0.39, 0.29) is 38.0 Å². The normalized spacial score (nSPS) is 10.9. The number of pyridine rings is 1. The molecule has 8 nitrogen and oxygen atoms in total. The summed E-state index contributed by atoms with van der Waals surface area (Å²) in [6.07, 6.45) is 1.03. The molecule has 0 aliphatic carbocycles. The summed E-state index contributed by atoms with van der Waals surface area (Å²) >= 11 is 10.7. The predicted octanol–water partition coefficient (Wildman–Crippen LogP) is 3.96.